The lowest BCUT2D eigenvalue weighted by molar-refractivity contribution is 0.0569. The number of fused-ring (bicyclic) bond motifs is 1. The first-order chi connectivity index (χ1) is 8.65. The first-order valence-corrected chi connectivity index (χ1v) is 6.75. The molecule has 2 fully saturated rings. The van der Waals surface area contributed by atoms with Crippen LogP contribution in [0.2, 0.25) is 0 Å². The number of hydrogen-bond acceptors (Lipinski definition) is 3. The first-order valence-electron chi connectivity index (χ1n) is 6.75. The van der Waals surface area contributed by atoms with Crippen LogP contribution < -0.4 is 0 Å². The fourth-order valence-corrected chi connectivity index (χ4v) is 3.19. The highest BCUT2D eigenvalue weighted by atomic mass is 16.3. The predicted molar refractivity (Wildman–Crippen MR) is 68.7 cm³/mol. The average Bonchev–Trinajstić information content (AvgIpc) is 2.93. The second-order valence-electron chi connectivity index (χ2n) is 5.41. The number of piperazine rings is 1. The first kappa shape index (κ1) is 11.8. The van der Waals surface area contributed by atoms with Gasteiger partial charge in [0.05, 0.1) is 5.56 Å². The molecule has 0 N–H and O–H groups in total. The van der Waals surface area contributed by atoms with Crippen molar-refractivity contribution in [2.24, 2.45) is 0 Å². The number of nitrogens with zero attached hydrogens (tertiary/aromatic N) is 2. The summed E-state index contributed by atoms with van der Waals surface area (Å²) >= 11 is 0. The maximum atomic E-state index is 12.5. The smallest absolute Gasteiger partial charge is 0.257 e. The molecule has 0 unspecified atom stereocenters. The van der Waals surface area contributed by atoms with E-state index in [0.717, 1.165) is 36.7 Å². The van der Waals surface area contributed by atoms with E-state index >= 15 is 0 Å². The summed E-state index contributed by atoms with van der Waals surface area (Å²) in [5, 5.41) is 0. The summed E-state index contributed by atoms with van der Waals surface area (Å²) in [6.45, 7) is 7.70. The Morgan fingerprint density at radius 3 is 2.89 bits per heavy atom. The van der Waals surface area contributed by atoms with Crippen LogP contribution in [0.4, 0.5) is 0 Å². The number of furan rings is 1. The van der Waals surface area contributed by atoms with E-state index in [0.29, 0.717) is 6.04 Å². The van der Waals surface area contributed by atoms with Crippen LogP contribution in [0, 0.1) is 13.8 Å². The second-order valence-corrected chi connectivity index (χ2v) is 5.41. The summed E-state index contributed by atoms with van der Waals surface area (Å²) in [5.41, 5.74) is 0.735. The molecule has 0 aliphatic carbocycles. The SMILES string of the molecule is Cc1cc(C(=O)N2CCN3CCC[C@H]3C2)c(C)o1. The Balaban J connectivity index is 1.75. The normalized spacial score (nSPS) is 24.3. The lowest BCUT2D eigenvalue weighted by atomic mass is 10.1. The van der Waals surface area contributed by atoms with Crippen molar-refractivity contribution in [2.45, 2.75) is 32.7 Å². The quantitative estimate of drug-likeness (QED) is 0.760. The van der Waals surface area contributed by atoms with E-state index in [1.165, 1.54) is 19.4 Å². The topological polar surface area (TPSA) is 36.7 Å². The van der Waals surface area contributed by atoms with E-state index in [1.54, 1.807) is 0 Å². The lowest BCUT2D eigenvalue weighted by Crippen LogP contribution is -2.52. The molecule has 1 atom stereocenters. The summed E-state index contributed by atoms with van der Waals surface area (Å²) < 4.78 is 5.46. The summed E-state index contributed by atoms with van der Waals surface area (Å²) in [5.74, 6) is 1.69. The molecule has 1 aromatic rings. The Hall–Kier alpha value is -1.29. The van der Waals surface area contributed by atoms with E-state index in [1.807, 2.05) is 24.8 Å². The highest BCUT2D eigenvalue weighted by Gasteiger charge is 2.33. The molecule has 1 aromatic heterocycles. The molecule has 18 heavy (non-hydrogen) atoms. The van der Waals surface area contributed by atoms with Crippen molar-refractivity contribution in [3.63, 3.8) is 0 Å². The van der Waals surface area contributed by atoms with E-state index in [4.69, 9.17) is 4.42 Å². The molecule has 0 spiro atoms. The van der Waals surface area contributed by atoms with Crippen molar-refractivity contribution in [3.05, 3.63) is 23.2 Å². The van der Waals surface area contributed by atoms with E-state index in [2.05, 4.69) is 4.90 Å². The molecule has 2 aliphatic rings. The van der Waals surface area contributed by atoms with Crippen LogP contribution in [-0.4, -0.2) is 47.9 Å². The lowest BCUT2D eigenvalue weighted by Gasteiger charge is -2.37. The minimum absolute atomic E-state index is 0.135. The molecule has 2 aliphatic heterocycles. The van der Waals surface area contributed by atoms with Gasteiger partial charge in [0.25, 0.3) is 5.91 Å². The predicted octanol–water partition coefficient (Wildman–Crippen LogP) is 1.82. The molecule has 0 bridgehead atoms. The Kier molecular flexibility index (Phi) is 2.90. The second kappa shape index (κ2) is 4.43. The molecule has 4 heteroatoms. The van der Waals surface area contributed by atoms with Crippen LogP contribution >= 0.6 is 0 Å². The Morgan fingerprint density at radius 2 is 2.17 bits per heavy atom. The van der Waals surface area contributed by atoms with Gasteiger partial charge in [-0.15, -0.1) is 0 Å². The van der Waals surface area contributed by atoms with Crippen molar-refractivity contribution >= 4 is 5.91 Å². The molecule has 0 aromatic carbocycles. The number of aryl methyl sites for hydroxylation is 2. The molecule has 0 radical (unpaired) electrons. The van der Waals surface area contributed by atoms with Gasteiger partial charge in [0.15, 0.2) is 0 Å². The largest absolute Gasteiger partial charge is 0.466 e. The van der Waals surface area contributed by atoms with Gasteiger partial charge >= 0.3 is 0 Å². The van der Waals surface area contributed by atoms with Gasteiger partial charge in [-0.3, -0.25) is 9.69 Å². The fourth-order valence-electron chi connectivity index (χ4n) is 3.19. The number of carbonyl (C=O) groups excluding carboxylic acids is 1. The molecule has 4 nitrogen and oxygen atoms in total. The van der Waals surface area contributed by atoms with Gasteiger partial charge in [0.2, 0.25) is 0 Å². The highest BCUT2D eigenvalue weighted by molar-refractivity contribution is 5.95. The van der Waals surface area contributed by atoms with Crippen molar-refractivity contribution in [3.8, 4) is 0 Å². The van der Waals surface area contributed by atoms with Crippen LogP contribution in [-0.2, 0) is 0 Å². The van der Waals surface area contributed by atoms with Crippen molar-refractivity contribution in [1.82, 2.24) is 9.80 Å². The van der Waals surface area contributed by atoms with Crippen LogP contribution in [0.1, 0.15) is 34.7 Å². The van der Waals surface area contributed by atoms with Crippen LogP contribution in [0.3, 0.4) is 0 Å². The fraction of sp³-hybridized carbons (Fsp3) is 0.643. The third-order valence-electron chi connectivity index (χ3n) is 4.15. The summed E-state index contributed by atoms with van der Waals surface area (Å²) in [4.78, 5) is 17.0. The van der Waals surface area contributed by atoms with Gasteiger partial charge in [0, 0.05) is 25.7 Å². The van der Waals surface area contributed by atoms with Gasteiger partial charge in [-0.05, 0) is 39.3 Å². The zero-order valence-electron chi connectivity index (χ0n) is 11.1. The number of hydrogen-bond donors (Lipinski definition) is 0. The Bertz CT molecular complexity index is 466. The molecular weight excluding hydrogens is 228 g/mol. The van der Waals surface area contributed by atoms with Gasteiger partial charge < -0.3 is 9.32 Å². The third-order valence-corrected chi connectivity index (χ3v) is 4.15. The van der Waals surface area contributed by atoms with Gasteiger partial charge in [-0.1, -0.05) is 0 Å². The van der Waals surface area contributed by atoms with Crippen LogP contribution in [0.5, 0.6) is 0 Å². The third kappa shape index (κ3) is 1.94. The number of carbonyl (C=O) groups is 1. The molecule has 3 rings (SSSR count). The molecule has 1 amide bonds. The maximum Gasteiger partial charge on any atom is 0.257 e. The summed E-state index contributed by atoms with van der Waals surface area (Å²) in [7, 11) is 0. The van der Waals surface area contributed by atoms with Crippen LogP contribution in [0.15, 0.2) is 10.5 Å². The van der Waals surface area contributed by atoms with Gasteiger partial charge in [0.1, 0.15) is 11.5 Å². The van der Waals surface area contributed by atoms with E-state index in [-0.39, 0.29) is 5.91 Å². The standard InChI is InChI=1S/C14H20N2O2/c1-10-8-13(11(2)18-10)14(17)16-7-6-15-5-3-4-12(15)9-16/h8,12H,3-7,9H2,1-2H3/t12-/m0/s1. The van der Waals surface area contributed by atoms with Crippen molar-refractivity contribution in [1.29, 1.82) is 0 Å². The van der Waals surface area contributed by atoms with E-state index < -0.39 is 0 Å². The minimum Gasteiger partial charge on any atom is -0.466 e. The van der Waals surface area contributed by atoms with Gasteiger partial charge in [-0.25, -0.2) is 0 Å². The zero-order chi connectivity index (χ0) is 12.7. The average molecular weight is 248 g/mol. The van der Waals surface area contributed by atoms with E-state index in [9.17, 15) is 4.79 Å². The van der Waals surface area contributed by atoms with Crippen LogP contribution in [0.25, 0.3) is 0 Å². The highest BCUT2D eigenvalue weighted by Crippen LogP contribution is 2.24. The molecule has 2 saturated heterocycles. The summed E-state index contributed by atoms with van der Waals surface area (Å²) in [6, 6.07) is 2.44. The van der Waals surface area contributed by atoms with Crippen molar-refractivity contribution < 1.29 is 9.21 Å². The molecule has 0 saturated carbocycles. The number of rotatable bonds is 1. The summed E-state index contributed by atoms with van der Waals surface area (Å²) in [6.07, 6.45) is 2.50. The molecular formula is C14H20N2O2. The monoisotopic (exact) mass is 248 g/mol. The Morgan fingerprint density at radius 1 is 1.33 bits per heavy atom. The molecule has 3 heterocycles. The zero-order valence-corrected chi connectivity index (χ0v) is 11.1. The minimum atomic E-state index is 0.135. The number of amides is 1. The van der Waals surface area contributed by atoms with Gasteiger partial charge in [-0.2, -0.15) is 0 Å². The Labute approximate surface area is 108 Å². The van der Waals surface area contributed by atoms with Crippen molar-refractivity contribution in [2.75, 3.05) is 26.2 Å². The molecule has 98 valence electrons. The maximum absolute atomic E-state index is 12.5.